The first-order chi connectivity index (χ1) is 10.1. The zero-order chi connectivity index (χ0) is 14.8. The number of aromatic amines is 1. The molecular formula is C12H6BrClFN5O. The van der Waals surface area contributed by atoms with E-state index in [0.717, 1.165) is 11.6 Å². The van der Waals surface area contributed by atoms with E-state index in [2.05, 4.69) is 41.5 Å². The Kier molecular flexibility index (Phi) is 3.80. The molecule has 6 nitrogen and oxygen atoms in total. The van der Waals surface area contributed by atoms with Gasteiger partial charge in [-0.25, -0.2) is 14.5 Å². The van der Waals surface area contributed by atoms with Gasteiger partial charge in [-0.1, -0.05) is 11.6 Å². The van der Waals surface area contributed by atoms with Gasteiger partial charge >= 0.3 is 0 Å². The zero-order valence-electron chi connectivity index (χ0n) is 10.2. The molecule has 2 heterocycles. The number of nitrogens with zero attached hydrogens (tertiary/aromatic N) is 4. The van der Waals surface area contributed by atoms with Crippen molar-refractivity contribution in [2.24, 2.45) is 0 Å². The minimum atomic E-state index is -0.637. The third kappa shape index (κ3) is 3.01. The second kappa shape index (κ2) is 5.74. The summed E-state index contributed by atoms with van der Waals surface area (Å²) in [6, 6.07) is 6.18. The smallest absolute Gasteiger partial charge is 0.255 e. The van der Waals surface area contributed by atoms with Gasteiger partial charge in [-0.3, -0.25) is 0 Å². The molecule has 9 heteroatoms. The van der Waals surface area contributed by atoms with Crippen molar-refractivity contribution < 1.29 is 9.13 Å². The standard InChI is InChI=1S/C12H6BrClFN5O/c13-9-4-7(1-2-8(9)11-17-19-20-18-11)21-12-10(15)3-6(14)5-16-12/h1-5H,(H,17,18,19,20). The Bertz CT molecular complexity index is 783. The molecule has 0 aliphatic heterocycles. The normalized spacial score (nSPS) is 10.6. The first-order valence-corrected chi connectivity index (χ1v) is 6.83. The summed E-state index contributed by atoms with van der Waals surface area (Å²) < 4.78 is 19.7. The number of benzene rings is 1. The highest BCUT2D eigenvalue weighted by Crippen LogP contribution is 2.31. The maximum atomic E-state index is 13.6. The van der Waals surface area contributed by atoms with Crippen LogP contribution in [-0.2, 0) is 0 Å². The van der Waals surface area contributed by atoms with Gasteiger partial charge in [-0.2, -0.15) is 0 Å². The number of nitrogens with one attached hydrogen (secondary N) is 1. The van der Waals surface area contributed by atoms with Gasteiger partial charge in [0.15, 0.2) is 11.6 Å². The number of tetrazole rings is 1. The van der Waals surface area contributed by atoms with Gasteiger partial charge in [0, 0.05) is 16.2 Å². The lowest BCUT2D eigenvalue weighted by Gasteiger charge is -2.07. The van der Waals surface area contributed by atoms with Gasteiger partial charge in [0.2, 0.25) is 0 Å². The molecule has 2 aromatic heterocycles. The molecule has 0 radical (unpaired) electrons. The highest BCUT2D eigenvalue weighted by Gasteiger charge is 2.11. The van der Waals surface area contributed by atoms with Crippen LogP contribution in [0.25, 0.3) is 11.4 Å². The summed E-state index contributed by atoms with van der Waals surface area (Å²) >= 11 is 9.02. The molecule has 0 amide bonds. The first kappa shape index (κ1) is 13.9. The monoisotopic (exact) mass is 369 g/mol. The van der Waals surface area contributed by atoms with Crippen LogP contribution in [0.2, 0.25) is 5.02 Å². The van der Waals surface area contributed by atoms with Crippen LogP contribution in [-0.4, -0.2) is 25.6 Å². The van der Waals surface area contributed by atoms with Crippen molar-refractivity contribution in [3.63, 3.8) is 0 Å². The third-order valence-corrected chi connectivity index (χ3v) is 3.39. The number of ether oxygens (including phenoxy) is 1. The van der Waals surface area contributed by atoms with Crippen molar-refractivity contribution in [3.05, 3.63) is 45.8 Å². The van der Waals surface area contributed by atoms with E-state index in [-0.39, 0.29) is 10.9 Å². The van der Waals surface area contributed by atoms with Gasteiger partial charge in [0.1, 0.15) is 5.75 Å². The van der Waals surface area contributed by atoms with Crippen molar-refractivity contribution >= 4 is 27.5 Å². The van der Waals surface area contributed by atoms with E-state index in [9.17, 15) is 4.39 Å². The Morgan fingerprint density at radius 3 is 2.81 bits per heavy atom. The number of pyridine rings is 1. The maximum Gasteiger partial charge on any atom is 0.255 e. The zero-order valence-corrected chi connectivity index (χ0v) is 12.6. The largest absolute Gasteiger partial charge is 0.436 e. The number of aromatic nitrogens is 5. The maximum absolute atomic E-state index is 13.6. The van der Waals surface area contributed by atoms with Gasteiger partial charge < -0.3 is 4.74 Å². The van der Waals surface area contributed by atoms with Crippen molar-refractivity contribution in [2.45, 2.75) is 0 Å². The number of rotatable bonds is 3. The van der Waals surface area contributed by atoms with Crippen molar-refractivity contribution in [1.29, 1.82) is 0 Å². The molecule has 0 fully saturated rings. The second-order valence-electron chi connectivity index (χ2n) is 3.93. The summed E-state index contributed by atoms with van der Waals surface area (Å²) in [5.74, 6) is 0.124. The number of hydrogen-bond donors (Lipinski definition) is 1. The Labute approximate surface area is 131 Å². The quantitative estimate of drug-likeness (QED) is 0.762. The fourth-order valence-corrected chi connectivity index (χ4v) is 2.30. The minimum Gasteiger partial charge on any atom is -0.436 e. The van der Waals surface area contributed by atoms with Crippen LogP contribution in [0, 0.1) is 5.82 Å². The predicted octanol–water partition coefficient (Wildman–Crippen LogP) is 3.61. The minimum absolute atomic E-state index is 0.152. The molecule has 1 aromatic carbocycles. The molecule has 0 aliphatic rings. The lowest BCUT2D eigenvalue weighted by molar-refractivity contribution is 0.422. The van der Waals surface area contributed by atoms with Crippen molar-refractivity contribution in [2.75, 3.05) is 0 Å². The molecule has 0 atom stereocenters. The second-order valence-corrected chi connectivity index (χ2v) is 5.22. The van der Waals surface area contributed by atoms with Gasteiger partial charge in [0.25, 0.3) is 5.88 Å². The van der Waals surface area contributed by atoms with Crippen LogP contribution >= 0.6 is 27.5 Å². The molecule has 3 aromatic rings. The molecule has 0 aliphatic carbocycles. The van der Waals surface area contributed by atoms with Crippen LogP contribution in [0.15, 0.2) is 34.9 Å². The topological polar surface area (TPSA) is 76.6 Å². The molecule has 0 spiro atoms. The van der Waals surface area contributed by atoms with Gasteiger partial charge in [0.05, 0.1) is 5.02 Å². The number of hydrogen-bond acceptors (Lipinski definition) is 5. The van der Waals surface area contributed by atoms with Crippen LogP contribution in [0.4, 0.5) is 4.39 Å². The predicted molar refractivity (Wildman–Crippen MR) is 76.6 cm³/mol. The van der Waals surface area contributed by atoms with E-state index in [1.54, 1.807) is 18.2 Å². The number of H-pyrrole nitrogens is 1. The summed E-state index contributed by atoms with van der Waals surface area (Å²) in [6.07, 6.45) is 1.31. The molecule has 1 N–H and O–H groups in total. The molecular weight excluding hydrogens is 365 g/mol. The first-order valence-electron chi connectivity index (χ1n) is 5.66. The summed E-state index contributed by atoms with van der Waals surface area (Å²) in [4.78, 5) is 3.79. The molecule has 3 rings (SSSR count). The van der Waals surface area contributed by atoms with E-state index in [1.807, 2.05) is 0 Å². The fraction of sp³-hybridized carbons (Fsp3) is 0. The average Bonchev–Trinajstić information content (AvgIpc) is 2.96. The van der Waals surface area contributed by atoms with E-state index in [4.69, 9.17) is 16.3 Å². The Morgan fingerprint density at radius 1 is 1.29 bits per heavy atom. The van der Waals surface area contributed by atoms with Crippen LogP contribution in [0.3, 0.4) is 0 Å². The van der Waals surface area contributed by atoms with Gasteiger partial charge in [-0.15, -0.1) is 5.10 Å². The Balaban J connectivity index is 1.89. The van der Waals surface area contributed by atoms with E-state index in [1.165, 1.54) is 6.20 Å². The summed E-state index contributed by atoms with van der Waals surface area (Å²) in [5, 5.41) is 13.7. The lowest BCUT2D eigenvalue weighted by Crippen LogP contribution is -1.92. The third-order valence-electron chi connectivity index (χ3n) is 2.53. The van der Waals surface area contributed by atoms with Crippen LogP contribution in [0.5, 0.6) is 11.6 Å². The molecule has 0 bridgehead atoms. The molecule has 0 unspecified atom stereocenters. The summed E-state index contributed by atoms with van der Waals surface area (Å²) in [7, 11) is 0. The summed E-state index contributed by atoms with van der Waals surface area (Å²) in [5.41, 5.74) is 0.747. The SMILES string of the molecule is Fc1cc(Cl)cnc1Oc1ccc(-c2nnn[nH]2)c(Br)c1. The fourth-order valence-electron chi connectivity index (χ4n) is 1.61. The highest BCUT2D eigenvalue weighted by atomic mass is 79.9. The Hall–Kier alpha value is -2.06. The summed E-state index contributed by atoms with van der Waals surface area (Å²) in [6.45, 7) is 0. The van der Waals surface area contributed by atoms with E-state index in [0.29, 0.717) is 16.0 Å². The van der Waals surface area contributed by atoms with Crippen LogP contribution in [0.1, 0.15) is 0 Å². The Morgan fingerprint density at radius 2 is 2.14 bits per heavy atom. The highest BCUT2D eigenvalue weighted by molar-refractivity contribution is 9.10. The molecule has 0 saturated heterocycles. The van der Waals surface area contributed by atoms with Crippen molar-refractivity contribution in [3.8, 4) is 23.0 Å². The number of halogens is 3. The molecule has 106 valence electrons. The van der Waals surface area contributed by atoms with Gasteiger partial charge in [-0.05, 0) is 50.6 Å². The molecule has 0 saturated carbocycles. The van der Waals surface area contributed by atoms with Crippen molar-refractivity contribution in [1.82, 2.24) is 25.6 Å². The van der Waals surface area contributed by atoms with Crippen LogP contribution < -0.4 is 4.74 Å². The lowest BCUT2D eigenvalue weighted by atomic mass is 10.2. The average molecular weight is 371 g/mol. The van der Waals surface area contributed by atoms with E-state index >= 15 is 0 Å². The molecule has 21 heavy (non-hydrogen) atoms. The van der Waals surface area contributed by atoms with E-state index < -0.39 is 5.82 Å².